The van der Waals surface area contributed by atoms with E-state index in [0.717, 1.165) is 22.8 Å². The molecule has 0 unspecified atom stereocenters. The van der Waals surface area contributed by atoms with Crippen LogP contribution in [0.2, 0.25) is 0 Å². The average Bonchev–Trinajstić information content (AvgIpc) is 2.61. The van der Waals surface area contributed by atoms with Crippen molar-refractivity contribution in [3.05, 3.63) is 48.2 Å². The largest absolute Gasteiger partial charge is 0.433 e. The van der Waals surface area contributed by atoms with E-state index in [9.17, 15) is 26.0 Å². The fourth-order valence-corrected chi connectivity index (χ4v) is 4.11. The highest BCUT2D eigenvalue weighted by Crippen LogP contribution is 2.29. The molecule has 11 heteroatoms. The molecule has 0 atom stereocenters. The van der Waals surface area contributed by atoms with Crippen molar-refractivity contribution in [3.8, 4) is 0 Å². The Labute approximate surface area is 147 Å². The van der Waals surface area contributed by atoms with Crippen LogP contribution in [0.1, 0.15) is 5.69 Å². The number of anilines is 1. The highest BCUT2D eigenvalue weighted by molar-refractivity contribution is 7.89. The second-order valence-electron chi connectivity index (χ2n) is 5.58. The molecular formula is C15H14F4N4O2S. The molecule has 0 spiro atoms. The van der Waals surface area contributed by atoms with Gasteiger partial charge in [-0.05, 0) is 12.1 Å². The maximum Gasteiger partial charge on any atom is 0.433 e. The van der Waals surface area contributed by atoms with Gasteiger partial charge in [-0.3, -0.25) is 0 Å². The molecule has 6 nitrogen and oxygen atoms in total. The SMILES string of the molecule is O=S(=O)(c1ccccc1F)N1CCN(c2cc(C(F)(F)F)ncn2)CC1. The Kier molecular flexibility index (Phi) is 4.84. The summed E-state index contributed by atoms with van der Waals surface area (Å²) in [5.74, 6) is -0.782. The number of piperazine rings is 1. The molecule has 0 aliphatic carbocycles. The molecule has 26 heavy (non-hydrogen) atoms. The molecule has 1 aliphatic rings. The number of hydrogen-bond acceptors (Lipinski definition) is 5. The van der Waals surface area contributed by atoms with Crippen molar-refractivity contribution in [2.24, 2.45) is 0 Å². The predicted octanol–water partition coefficient (Wildman–Crippen LogP) is 2.15. The minimum Gasteiger partial charge on any atom is -0.354 e. The highest BCUT2D eigenvalue weighted by atomic mass is 32.2. The first kappa shape index (κ1) is 18.5. The Hall–Kier alpha value is -2.27. The standard InChI is InChI=1S/C15H14F4N4O2S/c16-11-3-1-2-4-12(11)26(24,25)23-7-5-22(6-8-23)14-9-13(15(17,18)19)20-10-21-14/h1-4,9-10H,5-8H2. The van der Waals surface area contributed by atoms with E-state index < -0.39 is 32.6 Å². The van der Waals surface area contributed by atoms with Crippen molar-refractivity contribution in [3.63, 3.8) is 0 Å². The van der Waals surface area contributed by atoms with Crippen LogP contribution < -0.4 is 4.90 Å². The summed E-state index contributed by atoms with van der Waals surface area (Å²) in [7, 11) is -4.01. The lowest BCUT2D eigenvalue weighted by molar-refractivity contribution is -0.141. The van der Waals surface area contributed by atoms with Crippen LogP contribution in [0, 0.1) is 5.82 Å². The van der Waals surface area contributed by atoms with E-state index in [2.05, 4.69) is 9.97 Å². The molecule has 0 bridgehead atoms. The van der Waals surface area contributed by atoms with Gasteiger partial charge < -0.3 is 4.90 Å². The summed E-state index contributed by atoms with van der Waals surface area (Å²) in [5.41, 5.74) is -1.07. The highest BCUT2D eigenvalue weighted by Gasteiger charge is 2.34. The van der Waals surface area contributed by atoms with Crippen LogP contribution in [0.15, 0.2) is 41.6 Å². The zero-order valence-electron chi connectivity index (χ0n) is 13.3. The van der Waals surface area contributed by atoms with Gasteiger partial charge in [0.25, 0.3) is 0 Å². The van der Waals surface area contributed by atoms with Crippen molar-refractivity contribution >= 4 is 15.8 Å². The van der Waals surface area contributed by atoms with Gasteiger partial charge in [-0.1, -0.05) is 12.1 Å². The van der Waals surface area contributed by atoms with Gasteiger partial charge in [0, 0.05) is 32.2 Å². The second-order valence-corrected chi connectivity index (χ2v) is 7.49. The van der Waals surface area contributed by atoms with Gasteiger partial charge in [0.1, 0.15) is 28.6 Å². The fraction of sp³-hybridized carbons (Fsp3) is 0.333. The Morgan fingerprint density at radius 1 is 1.00 bits per heavy atom. The monoisotopic (exact) mass is 390 g/mol. The number of hydrogen-bond donors (Lipinski definition) is 0. The molecule has 140 valence electrons. The van der Waals surface area contributed by atoms with Crippen molar-refractivity contribution < 1.29 is 26.0 Å². The molecule has 1 fully saturated rings. The van der Waals surface area contributed by atoms with E-state index in [1.165, 1.54) is 23.1 Å². The van der Waals surface area contributed by atoms with E-state index in [0.29, 0.717) is 0 Å². The van der Waals surface area contributed by atoms with Crippen LogP contribution in [-0.4, -0.2) is 48.9 Å². The molecule has 0 saturated carbocycles. The summed E-state index contributed by atoms with van der Waals surface area (Å²) in [6.45, 7) is 0.258. The Morgan fingerprint density at radius 3 is 2.27 bits per heavy atom. The molecule has 0 N–H and O–H groups in total. The van der Waals surface area contributed by atoms with Crippen LogP contribution in [0.5, 0.6) is 0 Å². The van der Waals surface area contributed by atoms with Crippen LogP contribution >= 0.6 is 0 Å². The number of alkyl halides is 3. The maximum atomic E-state index is 13.8. The Morgan fingerprint density at radius 2 is 1.65 bits per heavy atom. The zero-order valence-corrected chi connectivity index (χ0v) is 14.1. The van der Waals surface area contributed by atoms with E-state index in [1.807, 2.05) is 0 Å². The molecular weight excluding hydrogens is 376 g/mol. The molecule has 1 saturated heterocycles. The third kappa shape index (κ3) is 3.63. The third-order valence-electron chi connectivity index (χ3n) is 3.96. The Bertz CT molecular complexity index is 897. The summed E-state index contributed by atoms with van der Waals surface area (Å²) in [4.78, 5) is 8.13. The molecule has 1 aromatic carbocycles. The number of benzene rings is 1. The maximum absolute atomic E-state index is 13.8. The molecule has 3 rings (SSSR count). The van der Waals surface area contributed by atoms with Crippen LogP contribution in [0.3, 0.4) is 0 Å². The zero-order chi connectivity index (χ0) is 18.9. The molecule has 0 amide bonds. The van der Waals surface area contributed by atoms with Crippen LogP contribution in [0.25, 0.3) is 0 Å². The summed E-state index contributed by atoms with van der Waals surface area (Å²) >= 11 is 0. The van der Waals surface area contributed by atoms with Gasteiger partial charge in [-0.15, -0.1) is 0 Å². The van der Waals surface area contributed by atoms with Gasteiger partial charge in [0.15, 0.2) is 0 Å². The molecule has 1 aliphatic heterocycles. The summed E-state index contributed by atoms with van der Waals surface area (Å²) in [6, 6.07) is 5.87. The summed E-state index contributed by atoms with van der Waals surface area (Å²) < 4.78 is 78.2. The quantitative estimate of drug-likeness (QED) is 0.752. The smallest absolute Gasteiger partial charge is 0.354 e. The number of aromatic nitrogens is 2. The number of sulfonamides is 1. The van der Waals surface area contributed by atoms with Gasteiger partial charge in [0.2, 0.25) is 10.0 Å². The molecule has 2 heterocycles. The van der Waals surface area contributed by atoms with Gasteiger partial charge in [-0.2, -0.15) is 17.5 Å². The van der Waals surface area contributed by atoms with Crippen LogP contribution in [-0.2, 0) is 16.2 Å². The average molecular weight is 390 g/mol. The van der Waals surface area contributed by atoms with E-state index in [-0.39, 0.29) is 32.0 Å². The topological polar surface area (TPSA) is 66.4 Å². The van der Waals surface area contributed by atoms with E-state index in [1.54, 1.807) is 0 Å². The van der Waals surface area contributed by atoms with E-state index in [4.69, 9.17) is 0 Å². The van der Waals surface area contributed by atoms with Crippen LogP contribution in [0.4, 0.5) is 23.4 Å². The fourth-order valence-electron chi connectivity index (χ4n) is 2.63. The van der Waals surface area contributed by atoms with Gasteiger partial charge in [0.05, 0.1) is 0 Å². The van der Waals surface area contributed by atoms with Crippen molar-refractivity contribution in [1.82, 2.24) is 14.3 Å². The minimum absolute atomic E-state index is 0.00201. The first-order valence-electron chi connectivity index (χ1n) is 7.58. The third-order valence-corrected chi connectivity index (χ3v) is 5.89. The molecule has 1 aromatic heterocycles. The second kappa shape index (κ2) is 6.80. The van der Waals surface area contributed by atoms with E-state index >= 15 is 0 Å². The minimum atomic E-state index is -4.59. The lowest BCUT2D eigenvalue weighted by Gasteiger charge is -2.34. The Balaban J connectivity index is 1.75. The lowest BCUT2D eigenvalue weighted by atomic mass is 10.3. The number of nitrogens with zero attached hydrogens (tertiary/aromatic N) is 4. The predicted molar refractivity (Wildman–Crippen MR) is 84.4 cm³/mol. The van der Waals surface area contributed by atoms with Gasteiger partial charge in [-0.25, -0.2) is 22.8 Å². The summed E-state index contributed by atoms with van der Waals surface area (Å²) in [5, 5.41) is 0. The number of halogens is 4. The van der Waals surface area contributed by atoms with Gasteiger partial charge >= 0.3 is 6.18 Å². The first-order chi connectivity index (χ1) is 12.2. The normalized spacial score (nSPS) is 16.7. The lowest BCUT2D eigenvalue weighted by Crippen LogP contribution is -2.49. The molecule has 0 radical (unpaired) electrons. The van der Waals surface area contributed by atoms with Crippen molar-refractivity contribution in [2.75, 3.05) is 31.1 Å². The molecule has 2 aromatic rings. The van der Waals surface area contributed by atoms with Crippen molar-refractivity contribution in [1.29, 1.82) is 0 Å². The summed E-state index contributed by atoms with van der Waals surface area (Å²) in [6.07, 6.45) is -3.77. The first-order valence-corrected chi connectivity index (χ1v) is 9.02. The van der Waals surface area contributed by atoms with Crippen molar-refractivity contribution in [2.45, 2.75) is 11.1 Å². The number of rotatable bonds is 3.